The Morgan fingerprint density at radius 3 is 2.40 bits per heavy atom. The van der Waals surface area contributed by atoms with Gasteiger partial charge in [-0.2, -0.15) is 5.26 Å². The lowest BCUT2D eigenvalue weighted by atomic mass is 9.82. The van der Waals surface area contributed by atoms with Crippen LogP contribution >= 0.6 is 0 Å². The average Bonchev–Trinajstić information content (AvgIpc) is 2.78. The van der Waals surface area contributed by atoms with E-state index >= 15 is 0 Å². The van der Waals surface area contributed by atoms with Gasteiger partial charge in [-0.15, -0.1) is 0 Å². The molecular formula is C27H34N2O5S. The monoisotopic (exact) mass is 498 g/mol. The van der Waals surface area contributed by atoms with Crippen LogP contribution in [0.1, 0.15) is 51.2 Å². The lowest BCUT2D eigenvalue weighted by molar-refractivity contribution is -0.248. The molecule has 0 amide bonds. The fourth-order valence-corrected chi connectivity index (χ4v) is 5.79. The van der Waals surface area contributed by atoms with E-state index in [-0.39, 0.29) is 11.4 Å². The first-order valence-electron chi connectivity index (χ1n) is 12.1. The fourth-order valence-electron chi connectivity index (χ4n) is 4.79. The molecule has 1 fully saturated rings. The first kappa shape index (κ1) is 25.6. The van der Waals surface area contributed by atoms with Gasteiger partial charge >= 0.3 is 0 Å². The molecule has 0 bridgehead atoms. The number of rotatable bonds is 6. The molecule has 1 unspecified atom stereocenters. The number of nitrogens with zero attached hydrogens (tertiary/aromatic N) is 2. The molecule has 2 aromatic carbocycles. The molecule has 35 heavy (non-hydrogen) atoms. The summed E-state index contributed by atoms with van der Waals surface area (Å²) in [6.45, 7) is 7.26. The van der Waals surface area contributed by atoms with E-state index in [1.165, 1.54) is 5.56 Å². The number of ether oxygens (including phenoxy) is 2. The number of aryl methyl sites for hydroxylation is 1. The Hall–Kier alpha value is -2.44. The number of piperidine rings is 1. The average molecular weight is 499 g/mol. The lowest BCUT2D eigenvalue weighted by Crippen LogP contribution is -2.53. The summed E-state index contributed by atoms with van der Waals surface area (Å²) in [5, 5.41) is 19.1. The van der Waals surface area contributed by atoms with Gasteiger partial charge in [-0.1, -0.05) is 30.3 Å². The van der Waals surface area contributed by atoms with Crippen LogP contribution in [-0.4, -0.2) is 54.9 Å². The van der Waals surface area contributed by atoms with Gasteiger partial charge < -0.3 is 14.6 Å². The summed E-state index contributed by atoms with van der Waals surface area (Å²) in [6.07, 6.45) is 2.64. The van der Waals surface area contributed by atoms with Gasteiger partial charge in [0.2, 0.25) is 6.41 Å². The molecule has 0 aromatic heterocycles. The summed E-state index contributed by atoms with van der Waals surface area (Å²) in [5.74, 6) is 0.321. The van der Waals surface area contributed by atoms with E-state index in [0.29, 0.717) is 5.56 Å². The second-order valence-corrected chi connectivity index (χ2v) is 12.7. The Morgan fingerprint density at radius 1 is 1.11 bits per heavy atom. The van der Waals surface area contributed by atoms with Crippen molar-refractivity contribution in [3.8, 4) is 22.9 Å². The van der Waals surface area contributed by atoms with Crippen LogP contribution in [0.5, 0.6) is 5.75 Å². The van der Waals surface area contributed by atoms with Crippen LogP contribution in [0, 0.1) is 11.3 Å². The number of likely N-dealkylation sites (tertiary alicyclic amines) is 1. The van der Waals surface area contributed by atoms with Gasteiger partial charge in [-0.05, 0) is 68.0 Å². The zero-order chi connectivity index (χ0) is 25.3. The van der Waals surface area contributed by atoms with Gasteiger partial charge in [0.05, 0.1) is 17.4 Å². The molecule has 1 N–H and O–H groups in total. The number of benzene rings is 2. The fraction of sp³-hybridized carbons (Fsp3) is 0.519. The van der Waals surface area contributed by atoms with Gasteiger partial charge in [0.25, 0.3) is 0 Å². The molecular weight excluding hydrogens is 464 g/mol. The van der Waals surface area contributed by atoms with Crippen molar-refractivity contribution in [2.45, 2.75) is 69.8 Å². The van der Waals surface area contributed by atoms with Gasteiger partial charge in [-0.25, -0.2) is 8.42 Å². The van der Waals surface area contributed by atoms with Crippen molar-refractivity contribution in [2.75, 3.05) is 18.8 Å². The SMILES string of the molecule is CC(C)(C)OC(O)N1CCC2(CCc3cc(-c4ccc(CS(=O)(=O)CC#N)cc4)ccc3O2)CC1. The highest BCUT2D eigenvalue weighted by atomic mass is 32.2. The van der Waals surface area contributed by atoms with Crippen molar-refractivity contribution < 1.29 is 23.0 Å². The second kappa shape index (κ2) is 9.90. The van der Waals surface area contributed by atoms with Gasteiger partial charge in [-0.3, -0.25) is 4.90 Å². The van der Waals surface area contributed by atoms with Gasteiger partial charge in [0, 0.05) is 25.9 Å². The molecule has 0 saturated carbocycles. The highest BCUT2D eigenvalue weighted by Gasteiger charge is 2.41. The van der Waals surface area contributed by atoms with Gasteiger partial charge in [0.1, 0.15) is 17.1 Å². The van der Waals surface area contributed by atoms with E-state index in [1.54, 1.807) is 18.2 Å². The number of aliphatic hydroxyl groups is 1. The molecule has 2 aliphatic rings. The molecule has 2 aromatic rings. The summed E-state index contributed by atoms with van der Waals surface area (Å²) >= 11 is 0. The number of nitriles is 1. The highest BCUT2D eigenvalue weighted by Crippen LogP contribution is 2.41. The van der Waals surface area contributed by atoms with E-state index in [2.05, 4.69) is 6.07 Å². The molecule has 8 heteroatoms. The minimum atomic E-state index is -3.41. The summed E-state index contributed by atoms with van der Waals surface area (Å²) in [5.41, 5.74) is 3.32. The maximum absolute atomic E-state index is 11.9. The molecule has 188 valence electrons. The molecule has 0 radical (unpaired) electrons. The predicted molar refractivity (Wildman–Crippen MR) is 134 cm³/mol. The third-order valence-electron chi connectivity index (χ3n) is 6.68. The zero-order valence-electron chi connectivity index (χ0n) is 20.7. The van der Waals surface area contributed by atoms with Gasteiger partial charge in [0.15, 0.2) is 9.84 Å². The standard InChI is InChI=1S/C27H34N2O5S/c1-26(2,3)34-25(30)29-15-12-27(13-16-29)11-10-23-18-22(8-9-24(23)33-27)21-6-4-20(5-7-21)19-35(31,32)17-14-28/h4-9,18,25,30H,10-13,15-17,19H2,1-3H3. The van der Waals surface area contributed by atoms with E-state index < -0.39 is 27.6 Å². The lowest BCUT2D eigenvalue weighted by Gasteiger charge is -2.46. The quantitative estimate of drug-likeness (QED) is 0.600. The van der Waals surface area contributed by atoms with Crippen molar-refractivity contribution in [2.24, 2.45) is 0 Å². The van der Waals surface area contributed by atoms with Crippen molar-refractivity contribution >= 4 is 9.84 Å². The van der Waals surface area contributed by atoms with Crippen LogP contribution in [0.4, 0.5) is 0 Å². The van der Waals surface area contributed by atoms with Crippen LogP contribution in [0.2, 0.25) is 0 Å². The van der Waals surface area contributed by atoms with Crippen LogP contribution in [0.3, 0.4) is 0 Å². The Morgan fingerprint density at radius 2 is 1.77 bits per heavy atom. The van der Waals surface area contributed by atoms with Crippen LogP contribution in [0.15, 0.2) is 42.5 Å². The van der Waals surface area contributed by atoms with Crippen LogP contribution in [0.25, 0.3) is 11.1 Å². The van der Waals surface area contributed by atoms with E-state index in [1.807, 2.05) is 49.9 Å². The maximum Gasteiger partial charge on any atom is 0.216 e. The van der Waals surface area contributed by atoms with E-state index in [9.17, 15) is 13.5 Å². The zero-order valence-corrected chi connectivity index (χ0v) is 21.5. The van der Waals surface area contributed by atoms with Crippen molar-refractivity contribution in [1.82, 2.24) is 4.90 Å². The third kappa shape index (κ3) is 6.42. The normalized spacial score (nSPS) is 18.9. The predicted octanol–water partition coefficient (Wildman–Crippen LogP) is 4.04. The summed E-state index contributed by atoms with van der Waals surface area (Å²) in [6, 6.07) is 15.4. The molecule has 0 aliphatic carbocycles. The second-order valence-electron chi connectivity index (χ2n) is 10.6. The van der Waals surface area contributed by atoms with Crippen LogP contribution in [-0.2, 0) is 26.7 Å². The largest absolute Gasteiger partial charge is 0.487 e. The van der Waals surface area contributed by atoms with E-state index in [0.717, 1.165) is 55.6 Å². The molecule has 7 nitrogen and oxygen atoms in total. The first-order valence-corrected chi connectivity index (χ1v) is 13.9. The Bertz CT molecular complexity index is 1190. The summed E-state index contributed by atoms with van der Waals surface area (Å²) in [4.78, 5) is 1.97. The maximum atomic E-state index is 11.9. The summed E-state index contributed by atoms with van der Waals surface area (Å²) in [7, 11) is -3.41. The number of hydrogen-bond donors (Lipinski definition) is 1. The minimum Gasteiger partial charge on any atom is -0.487 e. The van der Waals surface area contributed by atoms with Crippen molar-refractivity contribution in [1.29, 1.82) is 5.26 Å². The van der Waals surface area contributed by atoms with E-state index in [4.69, 9.17) is 14.7 Å². The molecule has 1 spiro atoms. The van der Waals surface area contributed by atoms with Crippen molar-refractivity contribution in [3.05, 3.63) is 53.6 Å². The topological polar surface area (TPSA) is 99.9 Å². The number of sulfone groups is 1. The first-order chi connectivity index (χ1) is 16.5. The number of fused-ring (bicyclic) bond motifs is 1. The molecule has 1 atom stereocenters. The molecule has 1 saturated heterocycles. The van der Waals surface area contributed by atoms with Crippen molar-refractivity contribution in [3.63, 3.8) is 0 Å². The number of aliphatic hydroxyl groups excluding tert-OH is 1. The Balaban J connectivity index is 1.40. The minimum absolute atomic E-state index is 0.127. The Labute approximate surface area is 208 Å². The third-order valence-corrected chi connectivity index (χ3v) is 8.02. The smallest absolute Gasteiger partial charge is 0.216 e. The Kier molecular flexibility index (Phi) is 7.26. The molecule has 2 aliphatic heterocycles. The van der Waals surface area contributed by atoms with Crippen LogP contribution < -0.4 is 4.74 Å². The highest BCUT2D eigenvalue weighted by molar-refractivity contribution is 7.90. The summed E-state index contributed by atoms with van der Waals surface area (Å²) < 4.78 is 36.0. The number of hydrogen-bond acceptors (Lipinski definition) is 7. The molecule has 2 heterocycles. The molecule has 4 rings (SSSR count).